The molecule has 0 radical (unpaired) electrons. The van der Waals surface area contributed by atoms with E-state index in [0.29, 0.717) is 12.6 Å². The highest BCUT2D eigenvalue weighted by Crippen LogP contribution is 2.26. The lowest BCUT2D eigenvalue weighted by molar-refractivity contribution is 0.338. The van der Waals surface area contributed by atoms with Crippen LogP contribution in [0, 0.1) is 0 Å². The average molecular weight is 219 g/mol. The largest absolute Gasteiger partial charge is 0.494 e. The summed E-state index contributed by atoms with van der Waals surface area (Å²) in [7, 11) is 1.96. The molecule has 0 aromatic heterocycles. The number of aliphatic imine (C=N–C) groups is 1. The molecule has 4 heteroatoms. The first kappa shape index (κ1) is 10.8. The molecule has 0 bridgehead atoms. The third-order valence-electron chi connectivity index (χ3n) is 2.81. The number of hydrogen-bond acceptors (Lipinski definition) is 4. The summed E-state index contributed by atoms with van der Waals surface area (Å²) < 4.78 is 5.48. The van der Waals surface area contributed by atoms with Gasteiger partial charge in [0, 0.05) is 7.05 Å². The van der Waals surface area contributed by atoms with Crippen LogP contribution < -0.4 is 10.5 Å². The van der Waals surface area contributed by atoms with Crippen molar-refractivity contribution in [3.05, 3.63) is 29.8 Å². The van der Waals surface area contributed by atoms with E-state index in [0.717, 1.165) is 12.3 Å². The second kappa shape index (κ2) is 4.43. The summed E-state index contributed by atoms with van der Waals surface area (Å²) in [6.07, 6.45) is 0. The Morgan fingerprint density at radius 3 is 3.00 bits per heavy atom. The van der Waals surface area contributed by atoms with E-state index in [1.807, 2.05) is 31.0 Å². The van der Waals surface area contributed by atoms with Crippen LogP contribution in [0.4, 0.5) is 0 Å². The molecule has 2 N–H and O–H groups in total. The lowest BCUT2D eigenvalue weighted by Crippen LogP contribution is -2.32. The van der Waals surface area contributed by atoms with E-state index in [9.17, 15) is 0 Å². The van der Waals surface area contributed by atoms with E-state index in [2.05, 4.69) is 17.1 Å². The van der Waals surface area contributed by atoms with E-state index in [1.165, 1.54) is 5.56 Å². The average Bonchev–Trinajstić information content (AvgIpc) is 2.61. The quantitative estimate of drug-likeness (QED) is 0.835. The van der Waals surface area contributed by atoms with E-state index < -0.39 is 0 Å². The number of rotatable bonds is 3. The molecule has 1 aliphatic rings. The van der Waals surface area contributed by atoms with Gasteiger partial charge in [0.05, 0.1) is 19.2 Å². The number of nitrogens with zero attached hydrogens (tertiary/aromatic N) is 2. The predicted molar refractivity (Wildman–Crippen MR) is 64.6 cm³/mol. The number of guanidine groups is 1. The van der Waals surface area contributed by atoms with Crippen molar-refractivity contribution in [1.82, 2.24) is 4.90 Å². The first-order valence-electron chi connectivity index (χ1n) is 5.48. The summed E-state index contributed by atoms with van der Waals surface area (Å²) in [5.74, 6) is 1.51. The Balaban J connectivity index is 2.18. The van der Waals surface area contributed by atoms with Crippen LogP contribution in [0.25, 0.3) is 0 Å². The van der Waals surface area contributed by atoms with E-state index in [-0.39, 0.29) is 6.04 Å². The Hall–Kier alpha value is -1.71. The zero-order valence-electron chi connectivity index (χ0n) is 9.68. The maximum atomic E-state index is 5.75. The molecule has 0 spiro atoms. The van der Waals surface area contributed by atoms with Gasteiger partial charge >= 0.3 is 0 Å². The molecule has 4 nitrogen and oxygen atoms in total. The Kier molecular flexibility index (Phi) is 2.99. The lowest BCUT2D eigenvalue weighted by atomic mass is 10.1. The molecule has 2 rings (SSSR count). The standard InChI is InChI=1S/C12H17N3O/c1-3-16-10-6-4-5-9(7-10)11-8-14-12(13)15(11)2/h4-7,11H,3,8H2,1-2H3,(H2,13,14). The second-order valence-electron chi connectivity index (χ2n) is 3.83. The topological polar surface area (TPSA) is 50.9 Å². The molecule has 0 amide bonds. The molecular formula is C12H17N3O. The van der Waals surface area contributed by atoms with Crippen molar-refractivity contribution < 1.29 is 4.74 Å². The fourth-order valence-corrected chi connectivity index (χ4v) is 1.88. The minimum atomic E-state index is 0.236. The molecule has 1 aromatic carbocycles. The monoisotopic (exact) mass is 219 g/mol. The van der Waals surface area contributed by atoms with Gasteiger partial charge in [0.15, 0.2) is 5.96 Å². The fourth-order valence-electron chi connectivity index (χ4n) is 1.88. The molecule has 1 heterocycles. The molecule has 1 aliphatic heterocycles. The number of ether oxygens (including phenoxy) is 1. The van der Waals surface area contributed by atoms with Crippen LogP contribution in [-0.4, -0.2) is 31.1 Å². The summed E-state index contributed by atoms with van der Waals surface area (Å²) in [5, 5.41) is 0. The van der Waals surface area contributed by atoms with Gasteiger partial charge in [-0.15, -0.1) is 0 Å². The molecule has 1 atom stereocenters. The molecule has 0 aliphatic carbocycles. The van der Waals surface area contributed by atoms with Gasteiger partial charge in [-0.1, -0.05) is 12.1 Å². The van der Waals surface area contributed by atoms with Crippen molar-refractivity contribution in [2.24, 2.45) is 10.7 Å². The van der Waals surface area contributed by atoms with E-state index in [1.54, 1.807) is 0 Å². The maximum absolute atomic E-state index is 5.75. The first-order valence-corrected chi connectivity index (χ1v) is 5.48. The zero-order chi connectivity index (χ0) is 11.5. The van der Waals surface area contributed by atoms with Crippen molar-refractivity contribution in [2.75, 3.05) is 20.2 Å². The summed E-state index contributed by atoms with van der Waals surface area (Å²) in [4.78, 5) is 6.22. The van der Waals surface area contributed by atoms with Crippen molar-refractivity contribution in [2.45, 2.75) is 13.0 Å². The molecule has 1 unspecified atom stereocenters. The highest BCUT2D eigenvalue weighted by atomic mass is 16.5. The van der Waals surface area contributed by atoms with E-state index in [4.69, 9.17) is 10.5 Å². The smallest absolute Gasteiger partial charge is 0.191 e. The van der Waals surface area contributed by atoms with Crippen molar-refractivity contribution in [3.63, 3.8) is 0 Å². The van der Waals surface area contributed by atoms with Gasteiger partial charge in [0.2, 0.25) is 0 Å². The Labute approximate surface area is 95.7 Å². The van der Waals surface area contributed by atoms with Crippen LogP contribution in [0.1, 0.15) is 18.5 Å². The van der Waals surface area contributed by atoms with Gasteiger partial charge in [-0.25, -0.2) is 0 Å². The minimum Gasteiger partial charge on any atom is -0.494 e. The van der Waals surface area contributed by atoms with Crippen molar-refractivity contribution in [3.8, 4) is 5.75 Å². The van der Waals surface area contributed by atoms with Crippen LogP contribution in [0.2, 0.25) is 0 Å². The molecule has 0 saturated heterocycles. The summed E-state index contributed by atoms with van der Waals surface area (Å²) in [6.45, 7) is 3.38. The molecule has 0 fully saturated rings. The number of benzene rings is 1. The SMILES string of the molecule is CCOc1cccc(C2CN=C(N)N2C)c1. The molecule has 1 aromatic rings. The minimum absolute atomic E-state index is 0.236. The van der Waals surface area contributed by atoms with Gasteiger partial charge < -0.3 is 15.4 Å². The molecule has 86 valence electrons. The van der Waals surface area contributed by atoms with Gasteiger partial charge in [-0.2, -0.15) is 0 Å². The van der Waals surface area contributed by atoms with Crippen LogP contribution in [-0.2, 0) is 0 Å². The summed E-state index contributed by atoms with van der Waals surface area (Å²) >= 11 is 0. The number of nitrogens with two attached hydrogens (primary N) is 1. The summed E-state index contributed by atoms with van der Waals surface area (Å²) in [5.41, 5.74) is 6.94. The lowest BCUT2D eigenvalue weighted by Gasteiger charge is -2.21. The van der Waals surface area contributed by atoms with Gasteiger partial charge in [0.25, 0.3) is 0 Å². The first-order chi connectivity index (χ1) is 7.72. The van der Waals surface area contributed by atoms with Crippen molar-refractivity contribution >= 4 is 5.96 Å². The van der Waals surface area contributed by atoms with Gasteiger partial charge in [-0.05, 0) is 24.6 Å². The van der Waals surface area contributed by atoms with Crippen LogP contribution in [0.3, 0.4) is 0 Å². The molecule has 0 saturated carbocycles. The normalized spacial score (nSPS) is 19.8. The fraction of sp³-hybridized carbons (Fsp3) is 0.417. The summed E-state index contributed by atoms with van der Waals surface area (Å²) in [6, 6.07) is 8.34. The maximum Gasteiger partial charge on any atom is 0.191 e. The Bertz CT molecular complexity index is 403. The van der Waals surface area contributed by atoms with Crippen LogP contribution >= 0.6 is 0 Å². The van der Waals surface area contributed by atoms with Crippen LogP contribution in [0.15, 0.2) is 29.3 Å². The highest BCUT2D eigenvalue weighted by molar-refractivity contribution is 5.80. The van der Waals surface area contributed by atoms with Crippen molar-refractivity contribution in [1.29, 1.82) is 0 Å². The zero-order valence-corrected chi connectivity index (χ0v) is 9.68. The van der Waals surface area contributed by atoms with Gasteiger partial charge in [0.1, 0.15) is 5.75 Å². The Morgan fingerprint density at radius 2 is 2.38 bits per heavy atom. The third-order valence-corrected chi connectivity index (χ3v) is 2.81. The van der Waals surface area contributed by atoms with E-state index >= 15 is 0 Å². The number of hydrogen-bond donors (Lipinski definition) is 1. The molecular weight excluding hydrogens is 202 g/mol. The molecule has 16 heavy (non-hydrogen) atoms. The number of likely N-dealkylation sites (N-methyl/N-ethyl adjacent to an activating group) is 1. The van der Waals surface area contributed by atoms with Gasteiger partial charge in [-0.3, -0.25) is 4.99 Å². The second-order valence-corrected chi connectivity index (χ2v) is 3.83. The Morgan fingerprint density at radius 1 is 1.56 bits per heavy atom. The van der Waals surface area contributed by atoms with Crippen LogP contribution in [0.5, 0.6) is 5.75 Å². The highest BCUT2D eigenvalue weighted by Gasteiger charge is 2.23. The third kappa shape index (κ3) is 1.96. The predicted octanol–water partition coefficient (Wildman–Crippen LogP) is 1.39.